The molecule has 38 valence electrons. The molecule has 1 atom stereocenters. The Morgan fingerprint density at radius 1 is 1.83 bits per heavy atom. The standard InChI is InChI=1S/CH6N2O2S/c1-2-3-6(4)5/h2-3H,1H3,(H,4,5)/p-1. The summed E-state index contributed by atoms with van der Waals surface area (Å²) in [5.41, 5.74) is 2.20. The average Bonchev–Trinajstić information content (AvgIpc) is 1.35. The largest absolute Gasteiger partial charge is 0.759 e. The van der Waals surface area contributed by atoms with Crippen LogP contribution in [0.15, 0.2) is 0 Å². The molecule has 5 heteroatoms. The van der Waals surface area contributed by atoms with Crippen molar-refractivity contribution in [3.63, 3.8) is 0 Å². The average molecular weight is 109 g/mol. The first-order valence-electron chi connectivity index (χ1n) is 1.29. The molecule has 0 radical (unpaired) electrons. The second-order valence-electron chi connectivity index (χ2n) is 0.587. The van der Waals surface area contributed by atoms with Crippen molar-refractivity contribution in [1.29, 1.82) is 0 Å². The van der Waals surface area contributed by atoms with Gasteiger partial charge in [0.15, 0.2) is 0 Å². The van der Waals surface area contributed by atoms with Gasteiger partial charge >= 0.3 is 0 Å². The van der Waals surface area contributed by atoms with Gasteiger partial charge in [0, 0.05) is 11.3 Å². The molecule has 0 amide bonds. The van der Waals surface area contributed by atoms with Crippen molar-refractivity contribution in [2.45, 2.75) is 0 Å². The van der Waals surface area contributed by atoms with Crippen molar-refractivity contribution in [3.8, 4) is 0 Å². The second-order valence-corrected chi connectivity index (χ2v) is 1.26. The zero-order valence-corrected chi connectivity index (χ0v) is 4.04. The number of nitrogens with one attached hydrogen (secondary N) is 2. The Labute approximate surface area is 38.3 Å². The van der Waals surface area contributed by atoms with Crippen molar-refractivity contribution in [3.05, 3.63) is 0 Å². The highest BCUT2D eigenvalue weighted by Gasteiger charge is 1.65. The molecule has 0 spiro atoms. The third-order valence-electron chi connectivity index (χ3n) is 0.185. The van der Waals surface area contributed by atoms with Gasteiger partial charge in [-0.2, -0.15) is 4.83 Å². The summed E-state index contributed by atoms with van der Waals surface area (Å²) in [6, 6.07) is 0. The number of hydrogen-bond acceptors (Lipinski definition) is 3. The monoisotopic (exact) mass is 109 g/mol. The molecule has 0 aromatic carbocycles. The van der Waals surface area contributed by atoms with E-state index in [4.69, 9.17) is 0 Å². The molecule has 6 heavy (non-hydrogen) atoms. The fraction of sp³-hybridized carbons (Fsp3) is 1.00. The zero-order chi connectivity index (χ0) is 4.99. The Balaban J connectivity index is 2.83. The van der Waals surface area contributed by atoms with Gasteiger partial charge < -0.3 is 4.55 Å². The maximum absolute atomic E-state index is 9.43. The van der Waals surface area contributed by atoms with Gasteiger partial charge in [-0.15, -0.1) is 0 Å². The van der Waals surface area contributed by atoms with E-state index in [2.05, 4.69) is 5.43 Å². The summed E-state index contributed by atoms with van der Waals surface area (Å²) < 4.78 is 18.9. The third kappa shape index (κ3) is 4.03. The highest BCUT2D eigenvalue weighted by molar-refractivity contribution is 7.76. The molecular weight excluding hydrogens is 104 g/mol. The Hall–Kier alpha value is 0.0300. The molecule has 0 saturated carbocycles. The van der Waals surface area contributed by atoms with Crippen LogP contribution in [0.3, 0.4) is 0 Å². The van der Waals surface area contributed by atoms with Crippen LogP contribution in [0.1, 0.15) is 0 Å². The van der Waals surface area contributed by atoms with Crippen LogP contribution in [0.25, 0.3) is 0 Å². The maximum Gasteiger partial charge on any atom is 0.0324 e. The van der Waals surface area contributed by atoms with E-state index < -0.39 is 11.3 Å². The summed E-state index contributed by atoms with van der Waals surface area (Å²) in [4.78, 5) is 1.88. The van der Waals surface area contributed by atoms with Crippen LogP contribution in [-0.4, -0.2) is 15.8 Å². The fourth-order valence-electron chi connectivity index (χ4n) is 0.0833. The Kier molecular flexibility index (Phi) is 3.24. The molecule has 0 saturated heterocycles. The van der Waals surface area contributed by atoms with Gasteiger partial charge in [0.25, 0.3) is 0 Å². The van der Waals surface area contributed by atoms with E-state index in [1.54, 1.807) is 0 Å². The van der Waals surface area contributed by atoms with Crippen molar-refractivity contribution in [1.82, 2.24) is 10.3 Å². The normalized spacial score (nSPS) is 14.3. The molecule has 0 aliphatic carbocycles. The second kappa shape index (κ2) is 3.23. The summed E-state index contributed by atoms with van der Waals surface area (Å²) in [6.07, 6.45) is 0. The topological polar surface area (TPSA) is 64.2 Å². The molecule has 0 fully saturated rings. The fourth-order valence-corrected chi connectivity index (χ4v) is 0.250. The highest BCUT2D eigenvalue weighted by atomic mass is 32.2. The van der Waals surface area contributed by atoms with E-state index in [9.17, 15) is 8.76 Å². The van der Waals surface area contributed by atoms with Gasteiger partial charge in [0.05, 0.1) is 0 Å². The van der Waals surface area contributed by atoms with Crippen molar-refractivity contribution < 1.29 is 8.76 Å². The van der Waals surface area contributed by atoms with Crippen molar-refractivity contribution in [2.75, 3.05) is 7.05 Å². The van der Waals surface area contributed by atoms with Crippen LogP contribution in [0.2, 0.25) is 0 Å². The van der Waals surface area contributed by atoms with E-state index in [0.717, 1.165) is 0 Å². The van der Waals surface area contributed by atoms with Crippen LogP contribution < -0.4 is 10.3 Å². The van der Waals surface area contributed by atoms with Gasteiger partial charge in [-0.25, -0.2) is 0 Å². The van der Waals surface area contributed by atoms with Crippen LogP contribution in [0.4, 0.5) is 0 Å². The van der Waals surface area contributed by atoms with E-state index in [0.29, 0.717) is 0 Å². The van der Waals surface area contributed by atoms with Crippen LogP contribution in [-0.2, 0) is 11.3 Å². The van der Waals surface area contributed by atoms with Crippen LogP contribution in [0.5, 0.6) is 0 Å². The lowest BCUT2D eigenvalue weighted by Gasteiger charge is -2.01. The number of hydrazine groups is 1. The molecule has 4 nitrogen and oxygen atoms in total. The quantitative estimate of drug-likeness (QED) is 0.335. The predicted molar refractivity (Wildman–Crippen MR) is 21.1 cm³/mol. The maximum atomic E-state index is 9.43. The summed E-state index contributed by atoms with van der Waals surface area (Å²) in [5.74, 6) is 0. The van der Waals surface area contributed by atoms with E-state index in [1.807, 2.05) is 4.83 Å². The lowest BCUT2D eigenvalue weighted by atomic mass is 11.5. The third-order valence-corrected chi connectivity index (χ3v) is 0.556. The Morgan fingerprint density at radius 3 is 2.33 bits per heavy atom. The lowest BCUT2D eigenvalue weighted by molar-refractivity contribution is 0.514. The molecule has 0 heterocycles. The molecule has 0 aromatic heterocycles. The van der Waals surface area contributed by atoms with E-state index in [-0.39, 0.29) is 0 Å². The van der Waals surface area contributed by atoms with Crippen molar-refractivity contribution >= 4 is 11.3 Å². The number of rotatable bonds is 2. The molecule has 0 aliphatic heterocycles. The summed E-state index contributed by atoms with van der Waals surface area (Å²) in [6.45, 7) is 0. The molecular formula is CH5N2O2S-. The van der Waals surface area contributed by atoms with Gasteiger partial charge in [0.2, 0.25) is 0 Å². The summed E-state index contributed by atoms with van der Waals surface area (Å²) in [7, 11) is 1.47. The van der Waals surface area contributed by atoms with Crippen molar-refractivity contribution in [2.24, 2.45) is 0 Å². The molecule has 0 aromatic rings. The first-order chi connectivity index (χ1) is 2.77. The lowest BCUT2D eigenvalue weighted by Crippen LogP contribution is -2.28. The number of hydrogen-bond donors (Lipinski definition) is 2. The highest BCUT2D eigenvalue weighted by Crippen LogP contribution is 1.47. The summed E-state index contributed by atoms with van der Waals surface area (Å²) in [5, 5.41) is 0. The molecule has 0 aliphatic rings. The van der Waals surface area contributed by atoms with Crippen LogP contribution in [0, 0.1) is 0 Å². The SMILES string of the molecule is CNNS(=O)[O-]. The minimum absolute atomic E-state index is 1.47. The van der Waals surface area contributed by atoms with Gasteiger partial charge in [-0.3, -0.25) is 9.63 Å². The molecule has 1 unspecified atom stereocenters. The first kappa shape index (κ1) is 6.03. The smallest absolute Gasteiger partial charge is 0.0324 e. The van der Waals surface area contributed by atoms with Gasteiger partial charge in [-0.05, 0) is 7.05 Å². The van der Waals surface area contributed by atoms with E-state index >= 15 is 0 Å². The van der Waals surface area contributed by atoms with Gasteiger partial charge in [0.1, 0.15) is 0 Å². The van der Waals surface area contributed by atoms with E-state index in [1.165, 1.54) is 7.05 Å². The minimum atomic E-state index is -2.18. The zero-order valence-electron chi connectivity index (χ0n) is 3.22. The molecule has 0 rings (SSSR count). The first-order valence-corrected chi connectivity index (χ1v) is 2.36. The summed E-state index contributed by atoms with van der Waals surface area (Å²) >= 11 is -2.18. The molecule has 2 N–H and O–H groups in total. The Morgan fingerprint density at radius 2 is 2.33 bits per heavy atom. The van der Waals surface area contributed by atoms with Crippen LogP contribution >= 0.6 is 0 Å². The van der Waals surface area contributed by atoms with Gasteiger partial charge in [-0.1, -0.05) is 0 Å². The predicted octanol–water partition coefficient (Wildman–Crippen LogP) is -1.50. The Bertz CT molecular complexity index is 55.5. The minimum Gasteiger partial charge on any atom is -0.759 e. The molecule has 0 bridgehead atoms.